The molecular formula is C11H19NO3. The van der Waals surface area contributed by atoms with Gasteiger partial charge in [-0.15, -0.1) is 0 Å². The summed E-state index contributed by atoms with van der Waals surface area (Å²) in [6, 6.07) is 0. The third kappa shape index (κ3) is 7.73. The highest BCUT2D eigenvalue weighted by molar-refractivity contribution is 5.80. The molecule has 0 aliphatic heterocycles. The van der Waals surface area contributed by atoms with Crippen molar-refractivity contribution in [3.63, 3.8) is 0 Å². The number of carbonyl (C=O) groups is 2. The molecule has 0 saturated heterocycles. The highest BCUT2D eigenvalue weighted by Crippen LogP contribution is 2.03. The molecule has 0 saturated carbocycles. The van der Waals surface area contributed by atoms with Crippen molar-refractivity contribution in [3.05, 3.63) is 12.2 Å². The van der Waals surface area contributed by atoms with Crippen molar-refractivity contribution in [2.45, 2.75) is 32.6 Å². The van der Waals surface area contributed by atoms with Crippen LogP contribution < -0.4 is 0 Å². The Labute approximate surface area is 90.6 Å². The number of unbranched alkanes of at least 4 members (excludes halogenated alkanes) is 2. The molecule has 1 amide bonds. The molecule has 0 aromatic heterocycles. The number of nitrogens with zero attached hydrogens (tertiary/aromatic N) is 1. The molecule has 0 aromatic rings. The first-order chi connectivity index (χ1) is 7.07. The lowest BCUT2D eigenvalue weighted by molar-refractivity contribution is -0.143. The van der Waals surface area contributed by atoms with Crippen LogP contribution in [0, 0.1) is 0 Å². The third-order valence-corrected chi connectivity index (χ3v) is 2.05. The zero-order chi connectivity index (χ0) is 11.7. The molecule has 0 bridgehead atoms. The Morgan fingerprint density at radius 3 is 2.53 bits per heavy atom. The van der Waals surface area contributed by atoms with Gasteiger partial charge in [0.1, 0.15) is 6.54 Å². The van der Waals surface area contributed by atoms with E-state index in [4.69, 9.17) is 5.11 Å². The molecule has 0 heterocycles. The molecular weight excluding hydrogens is 194 g/mol. The Bertz CT molecular complexity index is 236. The van der Waals surface area contributed by atoms with Crippen molar-refractivity contribution in [1.82, 2.24) is 4.90 Å². The second-order valence-electron chi connectivity index (χ2n) is 3.46. The zero-order valence-corrected chi connectivity index (χ0v) is 9.40. The molecule has 0 aliphatic carbocycles. The summed E-state index contributed by atoms with van der Waals surface area (Å²) in [5.41, 5.74) is 0. The van der Waals surface area contributed by atoms with Crippen LogP contribution >= 0.6 is 0 Å². The van der Waals surface area contributed by atoms with Gasteiger partial charge in [-0.05, 0) is 26.2 Å². The van der Waals surface area contributed by atoms with Crippen LogP contribution in [0.4, 0.5) is 0 Å². The number of likely N-dealkylation sites (N-methyl/N-ethyl adjacent to an activating group) is 1. The molecule has 4 nitrogen and oxygen atoms in total. The van der Waals surface area contributed by atoms with Crippen molar-refractivity contribution >= 4 is 11.9 Å². The Morgan fingerprint density at radius 1 is 1.33 bits per heavy atom. The molecule has 1 N–H and O–H groups in total. The molecule has 0 atom stereocenters. The number of carboxylic acid groups (broad SMARTS) is 1. The largest absolute Gasteiger partial charge is 0.480 e. The van der Waals surface area contributed by atoms with Crippen molar-refractivity contribution in [2.24, 2.45) is 0 Å². The third-order valence-electron chi connectivity index (χ3n) is 2.05. The van der Waals surface area contributed by atoms with Gasteiger partial charge in [0.15, 0.2) is 0 Å². The fourth-order valence-corrected chi connectivity index (χ4v) is 1.19. The SMILES string of the molecule is C/C=C/CCCCC(=O)N(C)CC(=O)O. The van der Waals surface area contributed by atoms with Crippen molar-refractivity contribution < 1.29 is 14.7 Å². The smallest absolute Gasteiger partial charge is 0.323 e. The summed E-state index contributed by atoms with van der Waals surface area (Å²) < 4.78 is 0. The number of carbonyl (C=O) groups excluding carboxylic acids is 1. The minimum atomic E-state index is -0.972. The van der Waals surface area contributed by atoms with Crippen LogP contribution in [0.5, 0.6) is 0 Å². The summed E-state index contributed by atoms with van der Waals surface area (Å²) in [6.07, 6.45) is 7.24. The van der Waals surface area contributed by atoms with Crippen molar-refractivity contribution in [2.75, 3.05) is 13.6 Å². The van der Waals surface area contributed by atoms with E-state index in [9.17, 15) is 9.59 Å². The maximum Gasteiger partial charge on any atom is 0.323 e. The molecule has 0 rings (SSSR count). The van der Waals surface area contributed by atoms with Gasteiger partial charge in [0.2, 0.25) is 5.91 Å². The fourth-order valence-electron chi connectivity index (χ4n) is 1.19. The van der Waals surface area contributed by atoms with E-state index < -0.39 is 5.97 Å². The first-order valence-corrected chi connectivity index (χ1v) is 5.14. The van der Waals surface area contributed by atoms with Crippen LogP contribution in [0.15, 0.2) is 12.2 Å². The van der Waals surface area contributed by atoms with E-state index in [1.54, 1.807) is 0 Å². The zero-order valence-electron chi connectivity index (χ0n) is 9.40. The van der Waals surface area contributed by atoms with Crippen molar-refractivity contribution in [3.8, 4) is 0 Å². The molecule has 0 unspecified atom stereocenters. The average Bonchev–Trinajstić information content (AvgIpc) is 2.16. The van der Waals surface area contributed by atoms with Gasteiger partial charge in [-0.1, -0.05) is 12.2 Å². The Balaban J connectivity index is 3.60. The normalized spacial score (nSPS) is 10.5. The Morgan fingerprint density at radius 2 is 2.00 bits per heavy atom. The van der Waals surface area contributed by atoms with E-state index in [1.165, 1.54) is 11.9 Å². The maximum absolute atomic E-state index is 11.4. The molecule has 86 valence electrons. The standard InChI is InChI=1S/C11H19NO3/c1-3-4-5-6-7-8-10(13)12(2)9-11(14)15/h3-4H,5-9H2,1-2H3,(H,14,15)/b4-3+. The topological polar surface area (TPSA) is 57.6 Å². The van der Waals surface area contributed by atoms with Gasteiger partial charge < -0.3 is 10.0 Å². The number of hydrogen-bond donors (Lipinski definition) is 1. The first kappa shape index (κ1) is 13.7. The summed E-state index contributed by atoms with van der Waals surface area (Å²) in [4.78, 5) is 22.9. The van der Waals surface area contributed by atoms with Gasteiger partial charge in [0.05, 0.1) is 0 Å². The number of rotatable bonds is 7. The summed E-state index contributed by atoms with van der Waals surface area (Å²) in [7, 11) is 1.52. The van der Waals surface area contributed by atoms with Crippen LogP contribution in [0.1, 0.15) is 32.6 Å². The average molecular weight is 213 g/mol. The highest BCUT2D eigenvalue weighted by Gasteiger charge is 2.10. The molecule has 0 spiro atoms. The number of amides is 1. The monoisotopic (exact) mass is 213 g/mol. The van der Waals surface area contributed by atoms with Gasteiger partial charge in [-0.3, -0.25) is 9.59 Å². The second kappa shape index (κ2) is 8.03. The summed E-state index contributed by atoms with van der Waals surface area (Å²) in [5.74, 6) is -1.07. The number of aliphatic carboxylic acids is 1. The maximum atomic E-state index is 11.4. The minimum absolute atomic E-state index is 0.0992. The number of hydrogen-bond acceptors (Lipinski definition) is 2. The summed E-state index contributed by atoms with van der Waals surface area (Å²) in [5, 5.41) is 8.47. The Kier molecular flexibility index (Phi) is 7.32. The van der Waals surface area contributed by atoms with Crippen LogP contribution in [-0.4, -0.2) is 35.5 Å². The molecule has 0 aromatic carbocycles. The van der Waals surface area contributed by atoms with E-state index in [1.807, 2.05) is 13.0 Å². The first-order valence-electron chi connectivity index (χ1n) is 5.14. The van der Waals surface area contributed by atoms with Gasteiger partial charge in [0, 0.05) is 13.5 Å². The number of allylic oxidation sites excluding steroid dienone is 2. The van der Waals surface area contributed by atoms with E-state index in [0.29, 0.717) is 6.42 Å². The molecule has 0 radical (unpaired) electrons. The van der Waals surface area contributed by atoms with Crippen LogP contribution in [0.2, 0.25) is 0 Å². The van der Waals surface area contributed by atoms with E-state index >= 15 is 0 Å². The predicted octanol–water partition coefficient (Wildman–Crippen LogP) is 1.67. The lowest BCUT2D eigenvalue weighted by Gasteiger charge is -2.13. The number of carboxylic acids is 1. The van der Waals surface area contributed by atoms with Gasteiger partial charge >= 0.3 is 5.97 Å². The molecule has 4 heteroatoms. The van der Waals surface area contributed by atoms with Gasteiger partial charge in [-0.25, -0.2) is 0 Å². The Hall–Kier alpha value is -1.32. The fraction of sp³-hybridized carbons (Fsp3) is 0.636. The second-order valence-corrected chi connectivity index (χ2v) is 3.46. The van der Waals surface area contributed by atoms with Crippen molar-refractivity contribution in [1.29, 1.82) is 0 Å². The molecule has 0 aliphatic rings. The van der Waals surface area contributed by atoms with Crippen LogP contribution in [0.25, 0.3) is 0 Å². The van der Waals surface area contributed by atoms with Crippen LogP contribution in [0.3, 0.4) is 0 Å². The quantitative estimate of drug-likeness (QED) is 0.517. The molecule has 15 heavy (non-hydrogen) atoms. The van der Waals surface area contributed by atoms with Crippen LogP contribution in [-0.2, 0) is 9.59 Å². The van der Waals surface area contributed by atoms with E-state index in [2.05, 4.69) is 6.08 Å². The lowest BCUT2D eigenvalue weighted by Crippen LogP contribution is -2.31. The predicted molar refractivity (Wildman–Crippen MR) is 58.6 cm³/mol. The van der Waals surface area contributed by atoms with Gasteiger partial charge in [-0.2, -0.15) is 0 Å². The highest BCUT2D eigenvalue weighted by atomic mass is 16.4. The summed E-state index contributed by atoms with van der Waals surface area (Å²) >= 11 is 0. The molecule has 0 fully saturated rings. The minimum Gasteiger partial charge on any atom is -0.480 e. The van der Waals surface area contributed by atoms with E-state index in [0.717, 1.165) is 19.3 Å². The summed E-state index contributed by atoms with van der Waals surface area (Å²) in [6.45, 7) is 1.75. The lowest BCUT2D eigenvalue weighted by atomic mass is 10.2. The van der Waals surface area contributed by atoms with Gasteiger partial charge in [0.25, 0.3) is 0 Å². The van der Waals surface area contributed by atoms with E-state index in [-0.39, 0.29) is 12.5 Å².